The van der Waals surface area contributed by atoms with Crippen LogP contribution in [0.2, 0.25) is 0 Å². The second-order valence-corrected chi connectivity index (χ2v) is 4.72. The molecule has 0 radical (unpaired) electrons. The summed E-state index contributed by atoms with van der Waals surface area (Å²) in [5, 5.41) is 12.6. The largest absolute Gasteiger partial charge is 0.480 e. The topological polar surface area (TPSA) is 49.3 Å². The minimum atomic E-state index is -0.965. The van der Waals surface area contributed by atoms with Crippen LogP contribution in [-0.2, 0) is 10.3 Å². The first-order valence-electron chi connectivity index (χ1n) is 5.60. The van der Waals surface area contributed by atoms with Crippen molar-refractivity contribution in [1.82, 2.24) is 5.32 Å². The number of nitrogens with one attached hydrogen (secondary N) is 1. The van der Waals surface area contributed by atoms with Gasteiger partial charge in [-0.1, -0.05) is 29.8 Å². The molecule has 0 heterocycles. The lowest BCUT2D eigenvalue weighted by Crippen LogP contribution is -2.47. The molecule has 0 bridgehead atoms. The fourth-order valence-electron chi connectivity index (χ4n) is 1.86. The molecule has 1 fully saturated rings. The van der Waals surface area contributed by atoms with Crippen LogP contribution in [0.25, 0.3) is 0 Å². The van der Waals surface area contributed by atoms with Crippen LogP contribution in [0, 0.1) is 6.92 Å². The third kappa shape index (κ3) is 2.09. The Labute approximate surface area is 95.5 Å². The van der Waals surface area contributed by atoms with Crippen LogP contribution in [0.15, 0.2) is 24.3 Å². The van der Waals surface area contributed by atoms with Gasteiger partial charge in [-0.2, -0.15) is 0 Å². The molecule has 1 atom stereocenters. The second-order valence-electron chi connectivity index (χ2n) is 4.72. The molecule has 0 saturated heterocycles. The number of carboxylic acid groups (broad SMARTS) is 1. The summed E-state index contributed by atoms with van der Waals surface area (Å²) in [7, 11) is 0. The molecular formula is C13H17NO2. The maximum absolute atomic E-state index is 11.4. The van der Waals surface area contributed by atoms with E-state index in [0.717, 1.165) is 24.0 Å². The molecule has 1 saturated carbocycles. The van der Waals surface area contributed by atoms with Gasteiger partial charge in [0.15, 0.2) is 0 Å². The summed E-state index contributed by atoms with van der Waals surface area (Å²) >= 11 is 0. The molecule has 3 nitrogen and oxygen atoms in total. The van der Waals surface area contributed by atoms with E-state index in [-0.39, 0.29) is 0 Å². The number of rotatable bonds is 4. The molecule has 86 valence electrons. The molecule has 2 rings (SSSR count). The highest BCUT2D eigenvalue weighted by molar-refractivity contribution is 5.80. The minimum absolute atomic E-state index is 0.363. The monoisotopic (exact) mass is 219 g/mol. The van der Waals surface area contributed by atoms with Crippen LogP contribution >= 0.6 is 0 Å². The van der Waals surface area contributed by atoms with Gasteiger partial charge in [-0.25, -0.2) is 4.79 Å². The van der Waals surface area contributed by atoms with E-state index < -0.39 is 11.5 Å². The van der Waals surface area contributed by atoms with Gasteiger partial charge >= 0.3 is 5.97 Å². The average molecular weight is 219 g/mol. The standard InChI is InChI=1S/C13H17NO2/c1-9-4-3-5-10(8-9)13(2,12(15)16)14-11-6-7-11/h3-5,8,11,14H,6-7H2,1-2H3,(H,15,16). The lowest BCUT2D eigenvalue weighted by Gasteiger charge is -2.27. The Morgan fingerprint density at radius 3 is 2.69 bits per heavy atom. The fourth-order valence-corrected chi connectivity index (χ4v) is 1.86. The highest BCUT2D eigenvalue weighted by atomic mass is 16.4. The van der Waals surface area contributed by atoms with E-state index in [2.05, 4.69) is 5.32 Å². The number of aryl methyl sites for hydroxylation is 1. The van der Waals surface area contributed by atoms with Gasteiger partial charge in [0, 0.05) is 6.04 Å². The highest BCUT2D eigenvalue weighted by Crippen LogP contribution is 2.29. The molecule has 3 heteroatoms. The maximum atomic E-state index is 11.4. The lowest BCUT2D eigenvalue weighted by atomic mass is 9.91. The first-order valence-corrected chi connectivity index (χ1v) is 5.60. The van der Waals surface area contributed by atoms with E-state index in [1.807, 2.05) is 31.2 Å². The van der Waals surface area contributed by atoms with Crippen LogP contribution in [0.5, 0.6) is 0 Å². The molecule has 1 unspecified atom stereocenters. The molecule has 0 aliphatic heterocycles. The Kier molecular flexibility index (Phi) is 2.72. The Morgan fingerprint density at radius 1 is 1.50 bits per heavy atom. The van der Waals surface area contributed by atoms with Crippen LogP contribution in [0.3, 0.4) is 0 Å². The van der Waals surface area contributed by atoms with Crippen molar-refractivity contribution in [2.24, 2.45) is 0 Å². The molecular weight excluding hydrogens is 202 g/mol. The number of aliphatic carboxylic acids is 1. The molecule has 2 N–H and O–H groups in total. The first kappa shape index (κ1) is 11.1. The second kappa shape index (κ2) is 3.91. The smallest absolute Gasteiger partial charge is 0.328 e. The number of benzene rings is 1. The van der Waals surface area contributed by atoms with Crippen molar-refractivity contribution in [2.45, 2.75) is 38.3 Å². The van der Waals surface area contributed by atoms with E-state index in [4.69, 9.17) is 0 Å². The van der Waals surface area contributed by atoms with Crippen LogP contribution in [0.1, 0.15) is 30.9 Å². The highest BCUT2D eigenvalue weighted by Gasteiger charge is 2.39. The van der Waals surface area contributed by atoms with Gasteiger partial charge in [0.1, 0.15) is 5.54 Å². The van der Waals surface area contributed by atoms with Crippen molar-refractivity contribution in [2.75, 3.05) is 0 Å². The van der Waals surface area contributed by atoms with Gasteiger partial charge in [-0.3, -0.25) is 5.32 Å². The average Bonchev–Trinajstić information content (AvgIpc) is 3.01. The van der Waals surface area contributed by atoms with Crippen LogP contribution in [-0.4, -0.2) is 17.1 Å². The Bertz CT molecular complexity index is 412. The van der Waals surface area contributed by atoms with Gasteiger partial charge in [0.2, 0.25) is 0 Å². The third-order valence-electron chi connectivity index (χ3n) is 3.09. The number of carboxylic acids is 1. The molecule has 16 heavy (non-hydrogen) atoms. The summed E-state index contributed by atoms with van der Waals surface area (Å²) in [6.45, 7) is 3.71. The molecule has 0 aromatic heterocycles. The predicted molar refractivity (Wildman–Crippen MR) is 62.3 cm³/mol. The number of hydrogen-bond acceptors (Lipinski definition) is 2. The normalized spacial score (nSPS) is 19.1. The summed E-state index contributed by atoms with van der Waals surface area (Å²) in [4.78, 5) is 11.4. The minimum Gasteiger partial charge on any atom is -0.480 e. The maximum Gasteiger partial charge on any atom is 0.328 e. The van der Waals surface area contributed by atoms with E-state index in [1.54, 1.807) is 6.92 Å². The van der Waals surface area contributed by atoms with Crippen LogP contribution in [0.4, 0.5) is 0 Å². The van der Waals surface area contributed by atoms with Crippen molar-refractivity contribution in [3.63, 3.8) is 0 Å². The molecule has 1 aromatic carbocycles. The molecule has 0 amide bonds. The van der Waals surface area contributed by atoms with E-state index in [9.17, 15) is 9.90 Å². The summed E-state index contributed by atoms with van der Waals surface area (Å²) in [5.41, 5.74) is 0.946. The number of hydrogen-bond donors (Lipinski definition) is 2. The first-order chi connectivity index (χ1) is 7.52. The quantitative estimate of drug-likeness (QED) is 0.814. The van der Waals surface area contributed by atoms with E-state index in [1.165, 1.54) is 0 Å². The van der Waals surface area contributed by atoms with E-state index >= 15 is 0 Å². The van der Waals surface area contributed by atoms with Gasteiger partial charge in [0.25, 0.3) is 0 Å². The SMILES string of the molecule is Cc1cccc(C(C)(NC2CC2)C(=O)O)c1. The van der Waals surface area contributed by atoms with Crippen LogP contribution < -0.4 is 5.32 Å². The molecule has 1 aromatic rings. The van der Waals surface area contributed by atoms with Gasteiger partial charge in [0.05, 0.1) is 0 Å². The van der Waals surface area contributed by atoms with Crippen molar-refractivity contribution < 1.29 is 9.90 Å². The Hall–Kier alpha value is -1.35. The van der Waals surface area contributed by atoms with Crippen molar-refractivity contribution in [3.05, 3.63) is 35.4 Å². The van der Waals surface area contributed by atoms with E-state index in [0.29, 0.717) is 6.04 Å². The summed E-state index contributed by atoms with van der Waals surface area (Å²) < 4.78 is 0. The summed E-state index contributed by atoms with van der Waals surface area (Å²) in [6.07, 6.45) is 2.16. The molecule has 1 aliphatic carbocycles. The van der Waals surface area contributed by atoms with Gasteiger partial charge < -0.3 is 5.11 Å². The lowest BCUT2D eigenvalue weighted by molar-refractivity contribution is -0.144. The van der Waals surface area contributed by atoms with Crippen molar-refractivity contribution in [3.8, 4) is 0 Å². The molecule has 1 aliphatic rings. The summed E-state index contributed by atoms with van der Waals surface area (Å²) in [6, 6.07) is 8.05. The number of carbonyl (C=O) groups is 1. The third-order valence-corrected chi connectivity index (χ3v) is 3.09. The van der Waals surface area contributed by atoms with Crippen molar-refractivity contribution >= 4 is 5.97 Å². The molecule has 0 spiro atoms. The summed E-state index contributed by atoms with van der Waals surface area (Å²) in [5.74, 6) is -0.815. The predicted octanol–water partition coefficient (Wildman–Crippen LogP) is 2.05. The zero-order valence-corrected chi connectivity index (χ0v) is 9.66. The Morgan fingerprint density at radius 2 is 2.19 bits per heavy atom. The zero-order valence-electron chi connectivity index (χ0n) is 9.66. The van der Waals surface area contributed by atoms with Gasteiger partial charge in [-0.15, -0.1) is 0 Å². The fraction of sp³-hybridized carbons (Fsp3) is 0.462. The Balaban J connectivity index is 2.33. The van der Waals surface area contributed by atoms with Crippen molar-refractivity contribution in [1.29, 1.82) is 0 Å². The zero-order chi connectivity index (χ0) is 11.8. The van der Waals surface area contributed by atoms with Gasteiger partial charge in [-0.05, 0) is 32.3 Å².